The van der Waals surface area contributed by atoms with Crippen LogP contribution in [0.2, 0.25) is 0 Å². The molecule has 2 atom stereocenters. The Morgan fingerprint density at radius 1 is 1.18 bits per heavy atom. The Morgan fingerprint density at radius 3 is 2.82 bits per heavy atom. The molecular formula is C17H25N3OS. The van der Waals surface area contributed by atoms with Crippen molar-refractivity contribution < 1.29 is 4.79 Å². The Labute approximate surface area is 136 Å². The number of likely N-dealkylation sites (tertiary alicyclic amines) is 2. The highest BCUT2D eigenvalue weighted by Gasteiger charge is 2.46. The molecule has 2 saturated heterocycles. The third-order valence-corrected chi connectivity index (χ3v) is 6.52. The summed E-state index contributed by atoms with van der Waals surface area (Å²) in [6, 6.07) is 0.917. The highest BCUT2D eigenvalue weighted by molar-refractivity contribution is 7.09. The van der Waals surface area contributed by atoms with Gasteiger partial charge < -0.3 is 4.90 Å². The van der Waals surface area contributed by atoms with Gasteiger partial charge in [0.25, 0.3) is 0 Å². The van der Waals surface area contributed by atoms with Gasteiger partial charge in [-0.1, -0.05) is 19.3 Å². The van der Waals surface area contributed by atoms with Crippen molar-refractivity contribution in [3.8, 4) is 0 Å². The zero-order chi connectivity index (χ0) is 14.9. The van der Waals surface area contributed by atoms with Crippen LogP contribution in [0.4, 0.5) is 0 Å². The predicted octanol–water partition coefficient (Wildman–Crippen LogP) is 2.90. The number of aromatic nitrogens is 1. The average Bonchev–Trinajstić information content (AvgIpc) is 3.23. The molecule has 3 heterocycles. The fraction of sp³-hybridized carbons (Fsp3) is 0.765. The average molecular weight is 319 g/mol. The van der Waals surface area contributed by atoms with Crippen LogP contribution in [0.25, 0.3) is 0 Å². The van der Waals surface area contributed by atoms with Crippen molar-refractivity contribution in [3.05, 3.63) is 16.6 Å². The number of nitrogens with zero attached hydrogens (tertiary/aromatic N) is 3. The second kappa shape index (κ2) is 6.28. The van der Waals surface area contributed by atoms with Crippen LogP contribution in [-0.2, 0) is 11.3 Å². The monoisotopic (exact) mass is 319 g/mol. The van der Waals surface area contributed by atoms with Crippen LogP contribution in [0.15, 0.2) is 11.7 Å². The van der Waals surface area contributed by atoms with Gasteiger partial charge in [0.1, 0.15) is 0 Å². The van der Waals surface area contributed by atoms with E-state index in [1.807, 2.05) is 11.7 Å². The second-order valence-electron chi connectivity index (χ2n) is 7.12. The van der Waals surface area contributed by atoms with Gasteiger partial charge in [-0.3, -0.25) is 14.7 Å². The van der Waals surface area contributed by atoms with Crippen molar-refractivity contribution in [2.24, 2.45) is 5.92 Å². The van der Waals surface area contributed by atoms with E-state index in [0.29, 0.717) is 18.0 Å². The summed E-state index contributed by atoms with van der Waals surface area (Å²) in [5.74, 6) is 1.22. The van der Waals surface area contributed by atoms with E-state index in [1.54, 1.807) is 11.3 Å². The maximum atomic E-state index is 12.4. The summed E-state index contributed by atoms with van der Waals surface area (Å²) in [5.41, 5.74) is 1.86. The number of fused-ring (bicyclic) bond motifs is 1. The Hall–Kier alpha value is -0.940. The van der Waals surface area contributed by atoms with Gasteiger partial charge in [0.2, 0.25) is 5.91 Å². The minimum absolute atomic E-state index is 0.344. The predicted molar refractivity (Wildman–Crippen MR) is 87.6 cm³/mol. The Morgan fingerprint density at radius 2 is 2.05 bits per heavy atom. The second-order valence-corrected chi connectivity index (χ2v) is 8.09. The van der Waals surface area contributed by atoms with E-state index in [9.17, 15) is 4.79 Å². The lowest BCUT2D eigenvalue weighted by Crippen LogP contribution is -2.39. The largest absolute Gasteiger partial charge is 0.333 e. The van der Waals surface area contributed by atoms with Gasteiger partial charge in [0.05, 0.1) is 12.1 Å². The molecule has 1 aliphatic carbocycles. The minimum Gasteiger partial charge on any atom is -0.333 e. The molecule has 0 radical (unpaired) electrons. The molecule has 4 rings (SSSR count). The van der Waals surface area contributed by atoms with E-state index >= 15 is 0 Å². The van der Waals surface area contributed by atoms with Gasteiger partial charge >= 0.3 is 0 Å². The molecule has 0 unspecified atom stereocenters. The van der Waals surface area contributed by atoms with Crippen LogP contribution < -0.4 is 0 Å². The summed E-state index contributed by atoms with van der Waals surface area (Å²) in [6.07, 6.45) is 10.8. The van der Waals surface area contributed by atoms with Gasteiger partial charge in [-0.25, -0.2) is 0 Å². The van der Waals surface area contributed by atoms with Gasteiger partial charge in [0.15, 0.2) is 0 Å². The normalized spacial score (nSPS) is 30.2. The van der Waals surface area contributed by atoms with Crippen molar-refractivity contribution in [2.75, 3.05) is 13.1 Å². The number of carbonyl (C=O) groups is 1. The van der Waals surface area contributed by atoms with E-state index < -0.39 is 0 Å². The molecule has 2 aliphatic heterocycles. The number of hydrogen-bond acceptors (Lipinski definition) is 4. The first kappa shape index (κ1) is 14.6. The van der Waals surface area contributed by atoms with E-state index in [4.69, 9.17) is 0 Å². The smallest absolute Gasteiger partial charge is 0.224 e. The number of rotatable bonds is 4. The third kappa shape index (κ3) is 2.81. The highest BCUT2D eigenvalue weighted by Crippen LogP contribution is 2.35. The SMILES string of the molecule is O=C1C[C@H]2[C@H](CCN2CC2CCCCC2)N1Cc1cncs1. The summed E-state index contributed by atoms with van der Waals surface area (Å²) < 4.78 is 0. The molecule has 3 fully saturated rings. The number of thiazole rings is 1. The lowest BCUT2D eigenvalue weighted by molar-refractivity contribution is -0.129. The quantitative estimate of drug-likeness (QED) is 0.856. The highest BCUT2D eigenvalue weighted by atomic mass is 32.1. The number of carbonyl (C=O) groups excluding carboxylic acids is 1. The fourth-order valence-electron chi connectivity index (χ4n) is 4.63. The molecule has 120 valence electrons. The number of amides is 1. The maximum absolute atomic E-state index is 12.4. The van der Waals surface area contributed by atoms with Crippen molar-refractivity contribution in [2.45, 2.75) is 63.6 Å². The molecule has 4 nitrogen and oxygen atoms in total. The van der Waals surface area contributed by atoms with E-state index in [2.05, 4.69) is 14.8 Å². The van der Waals surface area contributed by atoms with Crippen LogP contribution in [0.5, 0.6) is 0 Å². The van der Waals surface area contributed by atoms with Crippen LogP contribution in [0.3, 0.4) is 0 Å². The summed E-state index contributed by atoms with van der Waals surface area (Å²) >= 11 is 1.66. The number of hydrogen-bond donors (Lipinski definition) is 0. The zero-order valence-electron chi connectivity index (χ0n) is 13.1. The summed E-state index contributed by atoms with van der Waals surface area (Å²) in [4.78, 5) is 22.5. The van der Waals surface area contributed by atoms with Crippen LogP contribution in [0.1, 0.15) is 49.8 Å². The van der Waals surface area contributed by atoms with Gasteiger partial charge in [-0.2, -0.15) is 0 Å². The van der Waals surface area contributed by atoms with E-state index in [0.717, 1.165) is 25.3 Å². The van der Waals surface area contributed by atoms with Crippen LogP contribution in [0, 0.1) is 5.92 Å². The fourth-order valence-corrected chi connectivity index (χ4v) is 5.22. The molecule has 0 N–H and O–H groups in total. The molecule has 0 bridgehead atoms. The Kier molecular flexibility index (Phi) is 4.18. The Bertz CT molecular complexity index is 512. The van der Waals surface area contributed by atoms with Crippen molar-refractivity contribution >= 4 is 17.2 Å². The maximum Gasteiger partial charge on any atom is 0.224 e. The Balaban J connectivity index is 1.40. The molecule has 22 heavy (non-hydrogen) atoms. The van der Waals surface area contributed by atoms with E-state index in [-0.39, 0.29) is 0 Å². The lowest BCUT2D eigenvalue weighted by atomic mass is 9.89. The molecule has 1 aromatic heterocycles. The van der Waals surface area contributed by atoms with Gasteiger partial charge in [-0.05, 0) is 25.2 Å². The zero-order valence-corrected chi connectivity index (χ0v) is 13.9. The third-order valence-electron chi connectivity index (χ3n) is 5.76. The summed E-state index contributed by atoms with van der Waals surface area (Å²) in [6.45, 7) is 3.17. The molecule has 0 aromatic carbocycles. The van der Waals surface area contributed by atoms with Crippen molar-refractivity contribution in [3.63, 3.8) is 0 Å². The molecular weight excluding hydrogens is 294 g/mol. The van der Waals surface area contributed by atoms with Crippen molar-refractivity contribution in [1.29, 1.82) is 0 Å². The van der Waals surface area contributed by atoms with Gasteiger partial charge in [0, 0.05) is 42.7 Å². The minimum atomic E-state index is 0.344. The molecule has 0 spiro atoms. The van der Waals surface area contributed by atoms with Crippen LogP contribution >= 0.6 is 11.3 Å². The first-order valence-corrected chi connectivity index (χ1v) is 9.60. The molecule has 1 saturated carbocycles. The summed E-state index contributed by atoms with van der Waals surface area (Å²) in [5, 5.41) is 0. The lowest BCUT2D eigenvalue weighted by Gasteiger charge is -2.30. The molecule has 1 aromatic rings. The topological polar surface area (TPSA) is 36.4 Å². The molecule has 1 amide bonds. The van der Waals surface area contributed by atoms with Crippen molar-refractivity contribution in [1.82, 2.24) is 14.8 Å². The van der Waals surface area contributed by atoms with Gasteiger partial charge in [-0.15, -0.1) is 11.3 Å². The van der Waals surface area contributed by atoms with Crippen LogP contribution in [-0.4, -0.2) is 45.9 Å². The standard InChI is InChI=1S/C17H25N3OS/c21-17-8-16-15(20(17)11-14-9-18-12-22-14)6-7-19(16)10-13-4-2-1-3-5-13/h9,12-13,15-16H,1-8,10-11H2/t15-,16-/m0/s1. The first-order valence-electron chi connectivity index (χ1n) is 8.72. The van der Waals surface area contributed by atoms with E-state index in [1.165, 1.54) is 50.1 Å². The molecule has 3 aliphatic rings. The molecule has 5 heteroatoms. The summed E-state index contributed by atoms with van der Waals surface area (Å²) in [7, 11) is 0. The first-order chi connectivity index (χ1) is 10.8.